The fourth-order valence-electron chi connectivity index (χ4n) is 2.96. The van der Waals surface area contributed by atoms with E-state index in [1.807, 2.05) is 40.6 Å². The second-order valence-electron chi connectivity index (χ2n) is 6.04. The first-order valence-corrected chi connectivity index (χ1v) is 9.10. The number of hydrogen-bond acceptors (Lipinski definition) is 5. The number of aromatic nitrogens is 1. The molecule has 0 aliphatic carbocycles. The second kappa shape index (κ2) is 7.88. The maximum Gasteiger partial charge on any atom is 0.273 e. The molecule has 1 aromatic carbocycles. The van der Waals surface area contributed by atoms with Crippen molar-refractivity contribution in [3.63, 3.8) is 0 Å². The van der Waals surface area contributed by atoms with E-state index in [0.717, 1.165) is 43.4 Å². The lowest BCUT2D eigenvalue weighted by atomic mass is 10.2. The van der Waals surface area contributed by atoms with Crippen molar-refractivity contribution < 1.29 is 9.53 Å². The Hall–Kier alpha value is -1.76. The number of rotatable bonds is 5. The molecule has 1 unspecified atom stereocenters. The molecule has 0 radical (unpaired) electrons. The van der Waals surface area contributed by atoms with E-state index in [2.05, 4.69) is 16.8 Å². The van der Waals surface area contributed by atoms with Crippen molar-refractivity contribution in [2.75, 3.05) is 39.9 Å². The van der Waals surface area contributed by atoms with Crippen molar-refractivity contribution in [2.24, 2.45) is 0 Å². The van der Waals surface area contributed by atoms with Crippen LogP contribution in [-0.4, -0.2) is 66.6 Å². The fourth-order valence-corrected chi connectivity index (χ4v) is 3.76. The molecule has 0 spiro atoms. The third kappa shape index (κ3) is 3.83. The summed E-state index contributed by atoms with van der Waals surface area (Å²) in [5, 5.41) is 2.76. The number of thiazole rings is 1. The highest BCUT2D eigenvalue weighted by atomic mass is 32.1. The average molecular weight is 345 g/mol. The smallest absolute Gasteiger partial charge is 0.273 e. The van der Waals surface area contributed by atoms with Gasteiger partial charge in [0, 0.05) is 50.3 Å². The van der Waals surface area contributed by atoms with Crippen molar-refractivity contribution in [3.05, 3.63) is 41.4 Å². The lowest BCUT2D eigenvalue weighted by Crippen LogP contribution is -2.52. The molecule has 1 aliphatic heterocycles. The Morgan fingerprint density at radius 2 is 1.96 bits per heavy atom. The summed E-state index contributed by atoms with van der Waals surface area (Å²) in [5.41, 5.74) is 1.61. The van der Waals surface area contributed by atoms with Crippen LogP contribution in [0.25, 0.3) is 10.6 Å². The van der Waals surface area contributed by atoms with Crippen LogP contribution in [-0.2, 0) is 4.74 Å². The van der Waals surface area contributed by atoms with E-state index in [4.69, 9.17) is 4.74 Å². The molecule has 1 amide bonds. The van der Waals surface area contributed by atoms with Crippen LogP contribution >= 0.6 is 11.3 Å². The average Bonchev–Trinajstić information content (AvgIpc) is 3.12. The van der Waals surface area contributed by atoms with Gasteiger partial charge < -0.3 is 9.64 Å². The first-order valence-electron chi connectivity index (χ1n) is 8.22. The lowest BCUT2D eigenvalue weighted by Gasteiger charge is -2.37. The van der Waals surface area contributed by atoms with E-state index in [0.29, 0.717) is 11.7 Å². The minimum Gasteiger partial charge on any atom is -0.383 e. The number of carbonyl (C=O) groups excluding carboxylic acids is 1. The Morgan fingerprint density at radius 3 is 2.62 bits per heavy atom. The zero-order valence-electron chi connectivity index (χ0n) is 14.1. The first-order chi connectivity index (χ1) is 11.7. The molecular weight excluding hydrogens is 322 g/mol. The van der Waals surface area contributed by atoms with Gasteiger partial charge in [0.1, 0.15) is 10.7 Å². The molecular formula is C18H23N3O2S. The lowest BCUT2D eigenvalue weighted by molar-refractivity contribution is 0.0445. The van der Waals surface area contributed by atoms with Crippen molar-refractivity contribution in [1.82, 2.24) is 14.8 Å². The molecule has 1 aromatic heterocycles. The van der Waals surface area contributed by atoms with Crippen LogP contribution in [0.2, 0.25) is 0 Å². The van der Waals surface area contributed by atoms with Crippen molar-refractivity contribution in [1.29, 1.82) is 0 Å². The zero-order chi connectivity index (χ0) is 16.9. The first kappa shape index (κ1) is 17.1. The molecule has 0 saturated carbocycles. The van der Waals surface area contributed by atoms with Gasteiger partial charge >= 0.3 is 0 Å². The normalized spacial score (nSPS) is 17.0. The van der Waals surface area contributed by atoms with Crippen molar-refractivity contribution in [3.8, 4) is 10.6 Å². The van der Waals surface area contributed by atoms with Gasteiger partial charge in [-0.05, 0) is 6.92 Å². The number of benzene rings is 1. The summed E-state index contributed by atoms with van der Waals surface area (Å²) < 4.78 is 5.21. The molecule has 24 heavy (non-hydrogen) atoms. The van der Waals surface area contributed by atoms with Crippen LogP contribution in [0.15, 0.2) is 35.7 Å². The van der Waals surface area contributed by atoms with E-state index in [1.54, 1.807) is 7.11 Å². The van der Waals surface area contributed by atoms with Gasteiger partial charge in [0.25, 0.3) is 5.91 Å². The second-order valence-corrected chi connectivity index (χ2v) is 6.89. The Labute approximate surface area is 146 Å². The zero-order valence-corrected chi connectivity index (χ0v) is 15.0. The van der Waals surface area contributed by atoms with E-state index in [9.17, 15) is 4.79 Å². The van der Waals surface area contributed by atoms with Gasteiger partial charge in [0.2, 0.25) is 0 Å². The van der Waals surface area contributed by atoms with Gasteiger partial charge in [0.15, 0.2) is 0 Å². The molecule has 0 bridgehead atoms. The molecule has 0 N–H and O–H groups in total. The van der Waals surface area contributed by atoms with Gasteiger partial charge in [-0.1, -0.05) is 30.3 Å². The summed E-state index contributed by atoms with van der Waals surface area (Å²) in [4.78, 5) is 21.5. The van der Waals surface area contributed by atoms with Crippen LogP contribution in [0.1, 0.15) is 17.4 Å². The Morgan fingerprint density at radius 1 is 1.25 bits per heavy atom. The molecule has 1 saturated heterocycles. The molecule has 3 rings (SSSR count). The van der Waals surface area contributed by atoms with Crippen LogP contribution in [0.3, 0.4) is 0 Å². The van der Waals surface area contributed by atoms with E-state index in [-0.39, 0.29) is 5.91 Å². The molecule has 6 heteroatoms. The summed E-state index contributed by atoms with van der Waals surface area (Å²) >= 11 is 1.52. The SMILES string of the molecule is COCC(C)N1CCN(C(=O)c2csc(-c3ccccc3)n2)CC1. The van der Waals surface area contributed by atoms with Gasteiger partial charge in [-0.25, -0.2) is 4.98 Å². The van der Waals surface area contributed by atoms with Crippen molar-refractivity contribution in [2.45, 2.75) is 13.0 Å². The standard InChI is InChI=1S/C18H23N3O2S/c1-14(12-23-2)20-8-10-21(11-9-20)18(22)16-13-24-17(19-16)15-6-4-3-5-7-15/h3-7,13-14H,8-12H2,1-2H3. The molecule has 2 aromatic rings. The Balaban J connectivity index is 1.61. The molecule has 1 aliphatic rings. The van der Waals surface area contributed by atoms with E-state index in [1.165, 1.54) is 11.3 Å². The Kier molecular flexibility index (Phi) is 5.60. The maximum absolute atomic E-state index is 12.7. The number of piperazine rings is 1. The predicted octanol–water partition coefficient (Wildman–Crippen LogP) is 2.60. The van der Waals surface area contributed by atoms with Crippen LogP contribution in [0.4, 0.5) is 0 Å². The number of methoxy groups -OCH3 is 1. The van der Waals surface area contributed by atoms with Gasteiger partial charge in [-0.2, -0.15) is 0 Å². The number of nitrogens with zero attached hydrogens (tertiary/aromatic N) is 3. The summed E-state index contributed by atoms with van der Waals surface area (Å²) in [7, 11) is 1.73. The van der Waals surface area contributed by atoms with Gasteiger partial charge in [-0.3, -0.25) is 9.69 Å². The third-order valence-electron chi connectivity index (χ3n) is 4.38. The minimum atomic E-state index is 0.0347. The van der Waals surface area contributed by atoms with E-state index >= 15 is 0 Å². The topological polar surface area (TPSA) is 45.7 Å². The van der Waals surface area contributed by atoms with Crippen LogP contribution in [0.5, 0.6) is 0 Å². The predicted molar refractivity (Wildman–Crippen MR) is 96.4 cm³/mol. The Bertz CT molecular complexity index is 666. The highest BCUT2D eigenvalue weighted by molar-refractivity contribution is 7.13. The van der Waals surface area contributed by atoms with Crippen LogP contribution in [0, 0.1) is 0 Å². The minimum absolute atomic E-state index is 0.0347. The summed E-state index contributed by atoms with van der Waals surface area (Å²) in [5.74, 6) is 0.0347. The molecule has 1 atom stereocenters. The highest BCUT2D eigenvalue weighted by Gasteiger charge is 2.26. The quantitative estimate of drug-likeness (QED) is 0.836. The van der Waals surface area contributed by atoms with E-state index < -0.39 is 0 Å². The molecule has 128 valence electrons. The number of ether oxygens (including phenoxy) is 1. The maximum atomic E-state index is 12.7. The van der Waals surface area contributed by atoms with Crippen LogP contribution < -0.4 is 0 Å². The number of carbonyl (C=O) groups is 1. The molecule has 1 fully saturated rings. The number of hydrogen-bond donors (Lipinski definition) is 0. The third-order valence-corrected chi connectivity index (χ3v) is 5.27. The van der Waals surface area contributed by atoms with Crippen molar-refractivity contribution >= 4 is 17.2 Å². The van der Waals surface area contributed by atoms with Gasteiger partial charge in [-0.15, -0.1) is 11.3 Å². The summed E-state index contributed by atoms with van der Waals surface area (Å²) in [6, 6.07) is 10.4. The molecule has 2 heterocycles. The summed E-state index contributed by atoms with van der Waals surface area (Å²) in [6.07, 6.45) is 0. The monoisotopic (exact) mass is 345 g/mol. The summed E-state index contributed by atoms with van der Waals surface area (Å²) in [6.45, 7) is 6.13. The number of amides is 1. The highest BCUT2D eigenvalue weighted by Crippen LogP contribution is 2.24. The fraction of sp³-hybridized carbons (Fsp3) is 0.444. The largest absolute Gasteiger partial charge is 0.383 e. The molecule has 5 nitrogen and oxygen atoms in total. The van der Waals surface area contributed by atoms with Gasteiger partial charge in [0.05, 0.1) is 6.61 Å².